The van der Waals surface area contributed by atoms with E-state index < -0.39 is 0 Å². The van der Waals surface area contributed by atoms with E-state index in [1.807, 2.05) is 13.8 Å². The summed E-state index contributed by atoms with van der Waals surface area (Å²) in [4.78, 5) is 5.22. The molecule has 0 radical (unpaired) electrons. The van der Waals surface area contributed by atoms with Gasteiger partial charge >= 0.3 is 0 Å². The fourth-order valence-corrected chi connectivity index (χ4v) is 2.38. The lowest BCUT2D eigenvalue weighted by Crippen LogP contribution is -2.40. The molecule has 2 heteroatoms. The molecule has 0 aromatic carbocycles. The van der Waals surface area contributed by atoms with Gasteiger partial charge in [-0.3, -0.25) is 9.80 Å². The zero-order chi connectivity index (χ0) is 12.7. The molecular weight excluding hydrogens is 196 g/mol. The van der Waals surface area contributed by atoms with Gasteiger partial charge in [-0.2, -0.15) is 0 Å². The summed E-state index contributed by atoms with van der Waals surface area (Å²) in [5.41, 5.74) is 0. The van der Waals surface area contributed by atoms with E-state index in [0.29, 0.717) is 12.1 Å². The molecule has 0 bridgehead atoms. The van der Waals surface area contributed by atoms with Gasteiger partial charge in [0.1, 0.15) is 0 Å². The Labute approximate surface area is 103 Å². The van der Waals surface area contributed by atoms with Crippen LogP contribution < -0.4 is 0 Å². The molecule has 0 amide bonds. The predicted molar refractivity (Wildman–Crippen MR) is 74.0 cm³/mol. The summed E-state index contributed by atoms with van der Waals surface area (Å²) in [6, 6.07) is 2.14. The monoisotopic (exact) mass is 228 g/mol. The minimum atomic E-state index is 0.692. The molecule has 0 aromatic heterocycles. The van der Waals surface area contributed by atoms with Gasteiger partial charge < -0.3 is 0 Å². The number of hydrogen-bond donors (Lipinski definition) is 0. The van der Waals surface area contributed by atoms with Crippen molar-refractivity contribution in [2.75, 3.05) is 19.6 Å². The number of rotatable bonds is 2. The smallest absolute Gasteiger partial charge is 0.0115 e. The Kier molecular flexibility index (Phi) is 8.04. The molecule has 1 rings (SSSR count). The molecule has 16 heavy (non-hydrogen) atoms. The van der Waals surface area contributed by atoms with Crippen LogP contribution in [-0.2, 0) is 0 Å². The highest BCUT2D eigenvalue weighted by Crippen LogP contribution is 2.15. The van der Waals surface area contributed by atoms with E-state index >= 15 is 0 Å². The Hall–Kier alpha value is -0.0800. The van der Waals surface area contributed by atoms with Gasteiger partial charge in [-0.1, -0.05) is 13.8 Å². The largest absolute Gasteiger partial charge is 0.300 e. The Morgan fingerprint density at radius 1 is 0.875 bits per heavy atom. The van der Waals surface area contributed by atoms with Gasteiger partial charge in [0.25, 0.3) is 0 Å². The van der Waals surface area contributed by atoms with Crippen LogP contribution in [-0.4, -0.2) is 47.6 Å². The Morgan fingerprint density at radius 3 is 1.88 bits per heavy atom. The summed E-state index contributed by atoms with van der Waals surface area (Å²) in [6.45, 7) is 19.3. The molecule has 1 atom stereocenters. The van der Waals surface area contributed by atoms with Gasteiger partial charge in [0.15, 0.2) is 0 Å². The average Bonchev–Trinajstić information content (AvgIpc) is 2.43. The van der Waals surface area contributed by atoms with Gasteiger partial charge in [0, 0.05) is 31.2 Å². The van der Waals surface area contributed by atoms with Crippen LogP contribution in [0.4, 0.5) is 0 Å². The van der Waals surface area contributed by atoms with Crippen LogP contribution >= 0.6 is 0 Å². The van der Waals surface area contributed by atoms with Crippen molar-refractivity contribution in [2.45, 2.75) is 73.0 Å². The first-order valence-corrected chi connectivity index (χ1v) is 7.02. The van der Waals surface area contributed by atoms with E-state index in [4.69, 9.17) is 0 Å². The number of hydrogen-bond acceptors (Lipinski definition) is 2. The van der Waals surface area contributed by atoms with Gasteiger partial charge in [-0.15, -0.1) is 0 Å². The maximum absolute atomic E-state index is 2.63. The molecule has 0 spiro atoms. The second kappa shape index (κ2) is 8.08. The normalized spacial score (nSPS) is 24.2. The van der Waals surface area contributed by atoms with Crippen LogP contribution in [0, 0.1) is 0 Å². The summed E-state index contributed by atoms with van der Waals surface area (Å²) in [5, 5.41) is 0. The highest BCUT2D eigenvalue weighted by atomic mass is 15.3. The van der Waals surface area contributed by atoms with Gasteiger partial charge in [-0.25, -0.2) is 0 Å². The molecule has 0 unspecified atom stereocenters. The van der Waals surface area contributed by atoms with E-state index in [2.05, 4.69) is 44.4 Å². The minimum Gasteiger partial charge on any atom is -0.300 e. The third kappa shape index (κ3) is 4.84. The van der Waals surface area contributed by atoms with Crippen molar-refractivity contribution in [3.8, 4) is 0 Å². The Bertz CT molecular complexity index is 166. The first kappa shape index (κ1) is 15.9. The first-order chi connectivity index (χ1) is 7.52. The summed E-state index contributed by atoms with van der Waals surface area (Å²) in [7, 11) is 0. The van der Waals surface area contributed by atoms with E-state index in [1.54, 1.807) is 0 Å². The standard InChI is InChI=1S/C12H26N2.C2H6/c1-10(2)13-7-6-12(5)14(9-8-13)11(3)4;1-2/h10-12H,6-9H2,1-5H3;1-2H3/t12-;/m0./s1. The topological polar surface area (TPSA) is 6.48 Å². The van der Waals surface area contributed by atoms with Crippen molar-refractivity contribution < 1.29 is 0 Å². The molecule has 0 saturated carbocycles. The Balaban J connectivity index is 0.00000106. The second-order valence-corrected chi connectivity index (χ2v) is 5.10. The lowest BCUT2D eigenvalue weighted by molar-refractivity contribution is 0.166. The fourth-order valence-electron chi connectivity index (χ4n) is 2.38. The summed E-state index contributed by atoms with van der Waals surface area (Å²) in [5.74, 6) is 0. The van der Waals surface area contributed by atoms with Crippen LogP contribution in [0.25, 0.3) is 0 Å². The summed E-state index contributed by atoms with van der Waals surface area (Å²) < 4.78 is 0. The second-order valence-electron chi connectivity index (χ2n) is 5.10. The SMILES string of the molecule is CC.CC(C)N1CC[C@H](C)N(C(C)C)CC1. The van der Waals surface area contributed by atoms with Crippen LogP contribution in [0.3, 0.4) is 0 Å². The fraction of sp³-hybridized carbons (Fsp3) is 1.00. The average molecular weight is 228 g/mol. The van der Waals surface area contributed by atoms with Crippen molar-refractivity contribution in [3.05, 3.63) is 0 Å². The van der Waals surface area contributed by atoms with Crippen LogP contribution in [0.5, 0.6) is 0 Å². The quantitative estimate of drug-likeness (QED) is 0.716. The van der Waals surface area contributed by atoms with E-state index in [1.165, 1.54) is 26.1 Å². The molecule has 0 N–H and O–H groups in total. The van der Waals surface area contributed by atoms with Gasteiger partial charge in [0.2, 0.25) is 0 Å². The molecule has 0 aromatic rings. The molecular formula is C14H32N2. The summed E-state index contributed by atoms with van der Waals surface area (Å²) in [6.07, 6.45) is 1.32. The zero-order valence-corrected chi connectivity index (χ0v) is 12.5. The van der Waals surface area contributed by atoms with Crippen molar-refractivity contribution >= 4 is 0 Å². The van der Waals surface area contributed by atoms with Crippen molar-refractivity contribution in [2.24, 2.45) is 0 Å². The van der Waals surface area contributed by atoms with Crippen LogP contribution in [0.2, 0.25) is 0 Å². The van der Waals surface area contributed by atoms with E-state index in [0.717, 1.165) is 6.04 Å². The van der Waals surface area contributed by atoms with Crippen molar-refractivity contribution in [3.63, 3.8) is 0 Å². The minimum absolute atomic E-state index is 0.692. The van der Waals surface area contributed by atoms with Crippen molar-refractivity contribution in [1.82, 2.24) is 9.80 Å². The maximum Gasteiger partial charge on any atom is 0.0115 e. The van der Waals surface area contributed by atoms with Crippen LogP contribution in [0.15, 0.2) is 0 Å². The van der Waals surface area contributed by atoms with Crippen LogP contribution in [0.1, 0.15) is 54.9 Å². The molecule has 2 nitrogen and oxygen atoms in total. The molecule has 98 valence electrons. The molecule has 1 fully saturated rings. The summed E-state index contributed by atoms with van der Waals surface area (Å²) >= 11 is 0. The highest BCUT2D eigenvalue weighted by Gasteiger charge is 2.23. The lowest BCUT2D eigenvalue weighted by Gasteiger charge is -2.30. The molecule has 1 aliphatic heterocycles. The molecule has 1 saturated heterocycles. The van der Waals surface area contributed by atoms with E-state index in [9.17, 15) is 0 Å². The third-order valence-electron chi connectivity index (χ3n) is 3.44. The van der Waals surface area contributed by atoms with Crippen molar-refractivity contribution in [1.29, 1.82) is 0 Å². The third-order valence-corrected chi connectivity index (χ3v) is 3.44. The molecule has 1 heterocycles. The molecule has 0 aliphatic carbocycles. The highest BCUT2D eigenvalue weighted by molar-refractivity contribution is 4.79. The van der Waals surface area contributed by atoms with E-state index in [-0.39, 0.29) is 0 Å². The first-order valence-electron chi connectivity index (χ1n) is 7.02. The van der Waals surface area contributed by atoms with Gasteiger partial charge in [-0.05, 0) is 47.6 Å². The Morgan fingerprint density at radius 2 is 1.44 bits per heavy atom. The predicted octanol–water partition coefficient (Wildman–Crippen LogP) is 3.23. The lowest BCUT2D eigenvalue weighted by atomic mass is 10.1. The van der Waals surface area contributed by atoms with Gasteiger partial charge in [0.05, 0.1) is 0 Å². The molecule has 1 aliphatic rings. The number of nitrogens with zero attached hydrogens (tertiary/aromatic N) is 2. The maximum atomic E-state index is 2.63. The zero-order valence-electron chi connectivity index (χ0n) is 12.5.